The van der Waals surface area contributed by atoms with Gasteiger partial charge in [0.25, 0.3) is 0 Å². The Kier molecular flexibility index (Phi) is 8.84. The van der Waals surface area contributed by atoms with Crippen LogP contribution >= 0.6 is 0 Å². The summed E-state index contributed by atoms with van der Waals surface area (Å²) in [5.41, 5.74) is 18.0. The third-order valence-electron chi connectivity index (χ3n) is 12.7. The average molecular weight is 815 g/mol. The average Bonchev–Trinajstić information content (AvgIpc) is 3.88. The first-order valence-corrected chi connectivity index (χ1v) is 21.6. The lowest BCUT2D eigenvalue weighted by molar-refractivity contribution is 1.14. The number of hydrogen-bond donors (Lipinski definition) is 0. The lowest BCUT2D eigenvalue weighted by atomic mass is 10.00. The van der Waals surface area contributed by atoms with Crippen molar-refractivity contribution in [2.24, 2.45) is 0 Å². The number of hydrogen-bond acceptors (Lipinski definition) is 2. The summed E-state index contributed by atoms with van der Waals surface area (Å²) >= 11 is 0. The molecule has 3 heterocycles. The van der Waals surface area contributed by atoms with Crippen molar-refractivity contribution in [1.29, 1.82) is 5.26 Å². The van der Waals surface area contributed by atoms with E-state index in [1.54, 1.807) is 0 Å². The molecule has 0 fully saturated rings. The number of nitrogens with zero attached hydrogens (tertiary/aromatic N) is 4. The van der Waals surface area contributed by atoms with E-state index in [9.17, 15) is 5.26 Å². The molecule has 298 valence electrons. The van der Waals surface area contributed by atoms with Crippen molar-refractivity contribution < 1.29 is 0 Å². The van der Waals surface area contributed by atoms with Gasteiger partial charge in [0.15, 0.2) is 0 Å². The minimum absolute atomic E-state index is 0.578. The molecule has 4 heteroatoms. The van der Waals surface area contributed by atoms with E-state index in [1.165, 1.54) is 22.3 Å². The zero-order chi connectivity index (χ0) is 42.6. The summed E-state index contributed by atoms with van der Waals surface area (Å²) in [6, 6.07) is 80.1. The van der Waals surface area contributed by atoms with Crippen LogP contribution in [-0.2, 0) is 0 Å². The van der Waals surface area contributed by atoms with Gasteiger partial charge in [-0.15, -0.1) is 0 Å². The van der Waals surface area contributed by atoms with Gasteiger partial charge in [-0.25, -0.2) is 0 Å². The van der Waals surface area contributed by atoms with Gasteiger partial charge in [0, 0.05) is 45.1 Å². The predicted octanol–water partition coefficient (Wildman–Crippen LogP) is 15.5. The molecule has 0 saturated carbocycles. The van der Waals surface area contributed by atoms with Gasteiger partial charge in [0.1, 0.15) is 0 Å². The van der Waals surface area contributed by atoms with E-state index in [-0.39, 0.29) is 0 Å². The zero-order valence-electron chi connectivity index (χ0n) is 34.7. The normalized spacial score (nSPS) is 11.4. The van der Waals surface area contributed by atoms with Gasteiger partial charge >= 0.3 is 0 Å². The monoisotopic (exact) mass is 814 g/mol. The summed E-state index contributed by atoms with van der Waals surface area (Å²) in [6.45, 7) is 0. The maximum atomic E-state index is 10.4. The molecule has 0 aliphatic carbocycles. The van der Waals surface area contributed by atoms with Gasteiger partial charge in [-0.2, -0.15) is 5.26 Å². The third-order valence-corrected chi connectivity index (χ3v) is 12.7. The molecule has 3 aromatic heterocycles. The Morgan fingerprint density at radius 2 is 0.688 bits per heavy atom. The van der Waals surface area contributed by atoms with Gasteiger partial charge in [-0.1, -0.05) is 146 Å². The van der Waals surface area contributed by atoms with Gasteiger partial charge in [0.2, 0.25) is 0 Å². The molecule has 12 rings (SSSR count). The molecule has 0 aliphatic heterocycles. The highest BCUT2D eigenvalue weighted by atomic mass is 15.0. The quantitative estimate of drug-likeness (QED) is 0.161. The summed E-state index contributed by atoms with van der Waals surface area (Å²) in [7, 11) is 0. The van der Waals surface area contributed by atoms with Crippen LogP contribution in [0.25, 0.3) is 111 Å². The molecule has 0 N–H and O–H groups in total. The van der Waals surface area contributed by atoms with Crippen molar-refractivity contribution in [2.75, 3.05) is 0 Å². The zero-order valence-corrected chi connectivity index (χ0v) is 34.7. The molecule has 0 unspecified atom stereocenters. The predicted molar refractivity (Wildman–Crippen MR) is 265 cm³/mol. The van der Waals surface area contributed by atoms with E-state index >= 15 is 0 Å². The van der Waals surface area contributed by atoms with Gasteiger partial charge in [-0.05, 0) is 117 Å². The van der Waals surface area contributed by atoms with Crippen molar-refractivity contribution in [3.05, 3.63) is 236 Å². The molecule has 12 aromatic rings. The first-order valence-electron chi connectivity index (χ1n) is 21.6. The molecule has 0 radical (unpaired) electrons. The Labute approximate surface area is 370 Å². The minimum Gasteiger partial charge on any atom is -0.309 e. The highest BCUT2D eigenvalue weighted by Crippen LogP contribution is 2.43. The second-order valence-corrected chi connectivity index (χ2v) is 16.3. The topological polar surface area (TPSA) is 46.5 Å². The van der Waals surface area contributed by atoms with Crippen LogP contribution in [0.5, 0.6) is 0 Å². The summed E-state index contributed by atoms with van der Waals surface area (Å²) in [6.07, 6.45) is 3.83. The van der Waals surface area contributed by atoms with E-state index in [0.717, 1.165) is 88.4 Å². The number of benzene rings is 9. The van der Waals surface area contributed by atoms with Crippen molar-refractivity contribution in [3.63, 3.8) is 0 Å². The second-order valence-electron chi connectivity index (χ2n) is 16.3. The third kappa shape index (κ3) is 6.18. The van der Waals surface area contributed by atoms with E-state index in [2.05, 4.69) is 221 Å². The van der Waals surface area contributed by atoms with Gasteiger partial charge in [0.05, 0.1) is 45.1 Å². The van der Waals surface area contributed by atoms with Crippen LogP contribution in [0.4, 0.5) is 0 Å². The first-order chi connectivity index (χ1) is 31.7. The highest BCUT2D eigenvalue weighted by Gasteiger charge is 2.22. The Balaban J connectivity index is 1.12. The van der Waals surface area contributed by atoms with Crippen LogP contribution in [0.3, 0.4) is 0 Å². The van der Waals surface area contributed by atoms with Crippen molar-refractivity contribution in [1.82, 2.24) is 14.1 Å². The second kappa shape index (κ2) is 15.3. The van der Waals surface area contributed by atoms with Crippen LogP contribution in [-0.4, -0.2) is 14.1 Å². The standard InChI is InChI=1S/C60H38N4/c61-38-40-21-26-55(63-56-27-22-45(41-13-5-1-6-14-41)34-50(56)51-35-46(23-28-57(51)63)42-15-7-2-8-16-42)49(33-40)54-39-62-32-31-60(54)64-58-29-24-47(43-17-9-3-10-18-43)36-52(58)53-37-48(25-30-59(53)64)44-19-11-4-12-20-44/h1-37,39H. The first kappa shape index (κ1) is 37.0. The van der Waals surface area contributed by atoms with Gasteiger partial charge < -0.3 is 9.13 Å². The number of rotatable bonds is 7. The number of fused-ring (bicyclic) bond motifs is 6. The summed E-state index contributed by atoms with van der Waals surface area (Å²) in [5.74, 6) is 0. The minimum atomic E-state index is 0.578. The molecule has 64 heavy (non-hydrogen) atoms. The number of aromatic nitrogens is 3. The summed E-state index contributed by atoms with van der Waals surface area (Å²) in [4.78, 5) is 4.79. The molecule has 0 spiro atoms. The molecular weight excluding hydrogens is 777 g/mol. The lowest BCUT2D eigenvalue weighted by Crippen LogP contribution is -2.02. The van der Waals surface area contributed by atoms with Crippen LogP contribution < -0.4 is 0 Å². The summed E-state index contributed by atoms with van der Waals surface area (Å²) < 4.78 is 4.74. The largest absolute Gasteiger partial charge is 0.309 e. The molecule has 0 bridgehead atoms. The molecule has 4 nitrogen and oxygen atoms in total. The van der Waals surface area contributed by atoms with E-state index in [1.807, 2.05) is 24.5 Å². The summed E-state index contributed by atoms with van der Waals surface area (Å²) in [5, 5.41) is 15.1. The molecule has 0 amide bonds. The van der Waals surface area contributed by atoms with E-state index < -0.39 is 0 Å². The molecule has 0 atom stereocenters. The maximum absolute atomic E-state index is 10.4. The fraction of sp³-hybridized carbons (Fsp3) is 0. The lowest BCUT2D eigenvalue weighted by Gasteiger charge is -2.18. The Hall–Kier alpha value is -8.78. The molecule has 0 saturated heterocycles. The van der Waals surface area contributed by atoms with Crippen LogP contribution in [0.2, 0.25) is 0 Å². The van der Waals surface area contributed by atoms with Crippen LogP contribution in [0.15, 0.2) is 231 Å². The number of pyridine rings is 1. The van der Waals surface area contributed by atoms with Crippen LogP contribution in [0.1, 0.15) is 5.56 Å². The maximum Gasteiger partial charge on any atom is 0.0991 e. The molecule has 9 aromatic carbocycles. The van der Waals surface area contributed by atoms with E-state index in [0.29, 0.717) is 5.56 Å². The van der Waals surface area contributed by atoms with Gasteiger partial charge in [-0.3, -0.25) is 4.98 Å². The SMILES string of the molecule is N#Cc1ccc(-n2c3ccc(-c4ccccc4)cc3c3cc(-c4ccccc4)ccc32)c(-c2cnccc2-n2c3ccc(-c4ccccc4)cc3c3cc(-c4ccccc4)ccc32)c1. The van der Waals surface area contributed by atoms with Crippen molar-refractivity contribution in [3.8, 4) is 73.1 Å². The number of nitriles is 1. The fourth-order valence-electron chi connectivity index (χ4n) is 9.61. The Bertz CT molecular complexity index is 3570. The van der Waals surface area contributed by atoms with Crippen molar-refractivity contribution in [2.45, 2.75) is 0 Å². The van der Waals surface area contributed by atoms with Crippen molar-refractivity contribution >= 4 is 43.6 Å². The Morgan fingerprint density at radius 1 is 0.328 bits per heavy atom. The molecular formula is C60H38N4. The highest BCUT2D eigenvalue weighted by molar-refractivity contribution is 6.14. The smallest absolute Gasteiger partial charge is 0.0991 e. The van der Waals surface area contributed by atoms with Crippen LogP contribution in [0, 0.1) is 11.3 Å². The Morgan fingerprint density at radius 3 is 1.05 bits per heavy atom. The molecule has 0 aliphatic rings. The van der Waals surface area contributed by atoms with E-state index in [4.69, 9.17) is 4.98 Å². The fourth-order valence-corrected chi connectivity index (χ4v) is 9.61.